The van der Waals surface area contributed by atoms with E-state index in [9.17, 15) is 4.79 Å². The summed E-state index contributed by atoms with van der Waals surface area (Å²) in [5.41, 5.74) is -0.426. The molecule has 0 saturated heterocycles. The Balaban J connectivity index is 3.67. The summed E-state index contributed by atoms with van der Waals surface area (Å²) < 4.78 is 5.16. The Labute approximate surface area is 112 Å². The van der Waals surface area contributed by atoms with Gasteiger partial charge in [0.2, 0.25) is 0 Å². The van der Waals surface area contributed by atoms with Crippen LogP contribution in [-0.4, -0.2) is 30.8 Å². The minimum absolute atomic E-state index is 0.341. The summed E-state index contributed by atoms with van der Waals surface area (Å²) in [6, 6.07) is 0.570. The van der Waals surface area contributed by atoms with E-state index < -0.39 is 5.60 Å². The van der Waals surface area contributed by atoms with Gasteiger partial charge in [-0.05, 0) is 33.6 Å². The molecule has 108 valence electrons. The fraction of sp³-hybridized carbons (Fsp3) is 0.929. The number of ether oxygens (including phenoxy) is 1. The average Bonchev–Trinajstić information content (AvgIpc) is 2.22. The molecule has 0 atom stereocenters. The normalized spacial score (nSPS) is 11.7. The smallest absolute Gasteiger partial charge is 0.407 e. The van der Waals surface area contributed by atoms with Crippen molar-refractivity contribution in [1.82, 2.24) is 10.6 Å². The first kappa shape index (κ1) is 17.2. The van der Waals surface area contributed by atoms with Gasteiger partial charge in [-0.1, -0.05) is 26.7 Å². The Kier molecular flexibility index (Phi) is 8.81. The third-order valence-corrected chi connectivity index (χ3v) is 2.50. The van der Waals surface area contributed by atoms with E-state index in [1.54, 1.807) is 0 Å². The second-order valence-electron chi connectivity index (χ2n) is 5.66. The number of hydrogen-bond acceptors (Lipinski definition) is 3. The molecule has 2 N–H and O–H groups in total. The Bertz CT molecular complexity index is 218. The first-order valence-corrected chi connectivity index (χ1v) is 7.09. The standard InChI is InChI=1S/C14H30N2O2/c1-6-8-12(9-7-2)15-10-11-16-13(17)18-14(3,4)5/h12,15H,6-11H2,1-5H3,(H,16,17). The number of nitrogens with one attached hydrogen (secondary N) is 2. The Hall–Kier alpha value is -0.770. The summed E-state index contributed by atoms with van der Waals surface area (Å²) in [6.45, 7) is 11.4. The summed E-state index contributed by atoms with van der Waals surface area (Å²) in [7, 11) is 0. The average molecular weight is 258 g/mol. The molecule has 0 heterocycles. The number of amides is 1. The molecule has 0 saturated carbocycles. The van der Waals surface area contributed by atoms with Crippen LogP contribution in [0.3, 0.4) is 0 Å². The van der Waals surface area contributed by atoms with E-state index in [4.69, 9.17) is 4.74 Å². The molecule has 0 spiro atoms. The van der Waals surface area contributed by atoms with Crippen LogP contribution in [-0.2, 0) is 4.74 Å². The highest BCUT2D eigenvalue weighted by Crippen LogP contribution is 2.06. The number of carbonyl (C=O) groups is 1. The predicted molar refractivity (Wildman–Crippen MR) is 75.8 cm³/mol. The molecule has 0 aliphatic heterocycles. The van der Waals surface area contributed by atoms with Crippen LogP contribution in [0, 0.1) is 0 Å². The summed E-state index contributed by atoms with van der Waals surface area (Å²) in [6.07, 6.45) is 4.43. The monoisotopic (exact) mass is 258 g/mol. The van der Waals surface area contributed by atoms with Crippen LogP contribution in [0.4, 0.5) is 4.79 Å². The molecule has 0 unspecified atom stereocenters. The van der Waals surface area contributed by atoms with Crippen LogP contribution in [0.25, 0.3) is 0 Å². The molecule has 0 aliphatic carbocycles. The fourth-order valence-corrected chi connectivity index (χ4v) is 1.80. The van der Waals surface area contributed by atoms with Gasteiger partial charge in [-0.15, -0.1) is 0 Å². The van der Waals surface area contributed by atoms with Crippen molar-refractivity contribution in [2.75, 3.05) is 13.1 Å². The zero-order valence-corrected chi connectivity index (χ0v) is 12.6. The zero-order chi connectivity index (χ0) is 14.0. The predicted octanol–water partition coefficient (Wildman–Crippen LogP) is 3.07. The van der Waals surface area contributed by atoms with Gasteiger partial charge in [0, 0.05) is 19.1 Å². The van der Waals surface area contributed by atoms with Crippen molar-refractivity contribution >= 4 is 6.09 Å². The van der Waals surface area contributed by atoms with Crippen LogP contribution in [0.1, 0.15) is 60.3 Å². The Morgan fingerprint density at radius 3 is 2.11 bits per heavy atom. The molecule has 0 aliphatic rings. The summed E-state index contributed by atoms with van der Waals surface area (Å²) in [4.78, 5) is 11.4. The maximum absolute atomic E-state index is 11.4. The van der Waals surface area contributed by atoms with E-state index in [1.807, 2.05) is 20.8 Å². The van der Waals surface area contributed by atoms with Crippen LogP contribution in [0.2, 0.25) is 0 Å². The number of rotatable bonds is 8. The summed E-state index contributed by atoms with van der Waals surface area (Å²) >= 11 is 0. The summed E-state index contributed by atoms with van der Waals surface area (Å²) in [5.74, 6) is 0. The van der Waals surface area contributed by atoms with E-state index in [0.29, 0.717) is 12.6 Å². The van der Waals surface area contributed by atoms with E-state index >= 15 is 0 Å². The largest absolute Gasteiger partial charge is 0.444 e. The van der Waals surface area contributed by atoms with Crippen LogP contribution >= 0.6 is 0 Å². The van der Waals surface area contributed by atoms with Gasteiger partial charge in [-0.2, -0.15) is 0 Å². The van der Waals surface area contributed by atoms with Gasteiger partial charge in [0.25, 0.3) is 0 Å². The maximum Gasteiger partial charge on any atom is 0.407 e. The van der Waals surface area contributed by atoms with Crippen molar-refractivity contribution in [3.05, 3.63) is 0 Å². The van der Waals surface area contributed by atoms with Crippen molar-refractivity contribution in [3.63, 3.8) is 0 Å². The molecular formula is C14H30N2O2. The topological polar surface area (TPSA) is 50.4 Å². The van der Waals surface area contributed by atoms with Gasteiger partial charge >= 0.3 is 6.09 Å². The van der Waals surface area contributed by atoms with Crippen LogP contribution in [0.15, 0.2) is 0 Å². The van der Waals surface area contributed by atoms with Crippen molar-refractivity contribution < 1.29 is 9.53 Å². The summed E-state index contributed by atoms with van der Waals surface area (Å²) in [5, 5.41) is 6.22. The molecule has 0 aromatic carbocycles. The van der Waals surface area contributed by atoms with E-state index in [0.717, 1.165) is 6.54 Å². The SMILES string of the molecule is CCCC(CCC)NCCNC(=O)OC(C)(C)C. The number of carbonyl (C=O) groups excluding carboxylic acids is 1. The lowest BCUT2D eigenvalue weighted by Crippen LogP contribution is -2.39. The lowest BCUT2D eigenvalue weighted by atomic mass is 10.1. The molecule has 0 aromatic heterocycles. The van der Waals surface area contributed by atoms with Crippen molar-refractivity contribution in [3.8, 4) is 0 Å². The quantitative estimate of drug-likeness (QED) is 0.658. The van der Waals surface area contributed by atoms with Crippen LogP contribution < -0.4 is 10.6 Å². The maximum atomic E-state index is 11.4. The minimum atomic E-state index is -0.426. The fourth-order valence-electron chi connectivity index (χ4n) is 1.80. The highest BCUT2D eigenvalue weighted by Gasteiger charge is 2.15. The first-order valence-electron chi connectivity index (χ1n) is 7.09. The van der Waals surface area contributed by atoms with Crippen LogP contribution in [0.5, 0.6) is 0 Å². The molecule has 0 aromatic rings. The molecule has 0 radical (unpaired) electrons. The van der Waals surface area contributed by atoms with E-state index in [-0.39, 0.29) is 6.09 Å². The third kappa shape index (κ3) is 10.4. The van der Waals surface area contributed by atoms with Gasteiger partial charge in [0.15, 0.2) is 0 Å². The number of hydrogen-bond donors (Lipinski definition) is 2. The van der Waals surface area contributed by atoms with Gasteiger partial charge in [0.05, 0.1) is 0 Å². The zero-order valence-electron chi connectivity index (χ0n) is 12.6. The van der Waals surface area contributed by atoms with Gasteiger partial charge in [-0.3, -0.25) is 0 Å². The molecule has 18 heavy (non-hydrogen) atoms. The second-order valence-corrected chi connectivity index (χ2v) is 5.66. The Morgan fingerprint density at radius 1 is 1.11 bits per heavy atom. The van der Waals surface area contributed by atoms with E-state index in [1.165, 1.54) is 25.7 Å². The first-order chi connectivity index (χ1) is 8.39. The minimum Gasteiger partial charge on any atom is -0.444 e. The molecule has 4 heteroatoms. The van der Waals surface area contributed by atoms with Gasteiger partial charge < -0.3 is 15.4 Å². The highest BCUT2D eigenvalue weighted by atomic mass is 16.6. The lowest BCUT2D eigenvalue weighted by molar-refractivity contribution is 0.0528. The molecular weight excluding hydrogens is 228 g/mol. The van der Waals surface area contributed by atoms with Gasteiger partial charge in [0.1, 0.15) is 5.60 Å². The molecule has 0 bridgehead atoms. The molecule has 0 rings (SSSR count). The highest BCUT2D eigenvalue weighted by molar-refractivity contribution is 5.67. The van der Waals surface area contributed by atoms with E-state index in [2.05, 4.69) is 24.5 Å². The van der Waals surface area contributed by atoms with Gasteiger partial charge in [-0.25, -0.2) is 4.79 Å². The molecule has 0 fully saturated rings. The van der Waals surface area contributed by atoms with Crippen molar-refractivity contribution in [1.29, 1.82) is 0 Å². The number of alkyl carbamates (subject to hydrolysis) is 1. The molecule has 1 amide bonds. The lowest BCUT2D eigenvalue weighted by Gasteiger charge is -2.20. The second kappa shape index (κ2) is 9.20. The third-order valence-electron chi connectivity index (χ3n) is 2.50. The van der Waals surface area contributed by atoms with Crippen molar-refractivity contribution in [2.24, 2.45) is 0 Å². The van der Waals surface area contributed by atoms with Crippen molar-refractivity contribution in [2.45, 2.75) is 71.9 Å². The molecule has 4 nitrogen and oxygen atoms in total. The Morgan fingerprint density at radius 2 is 1.67 bits per heavy atom.